The van der Waals surface area contributed by atoms with E-state index in [1.165, 1.54) is 0 Å². The van der Waals surface area contributed by atoms with E-state index in [0.29, 0.717) is 12.0 Å². The largest absolute Gasteiger partial charge is 0.411 e. The van der Waals surface area contributed by atoms with Gasteiger partial charge in [-0.25, -0.2) is 0 Å². The molecular weight excluding hydrogens is 255 g/mol. The lowest BCUT2D eigenvalue weighted by molar-refractivity contribution is -0.219. The lowest BCUT2D eigenvalue weighted by Gasteiger charge is -2.39. The summed E-state index contributed by atoms with van der Waals surface area (Å²) in [6, 6.07) is 8.12. The van der Waals surface area contributed by atoms with Crippen LogP contribution in [0.5, 0.6) is 0 Å². The average Bonchev–Trinajstić information content (AvgIpc) is 2.67. The van der Waals surface area contributed by atoms with Crippen molar-refractivity contribution in [2.24, 2.45) is 5.92 Å². The molecule has 0 N–H and O–H groups in total. The fourth-order valence-corrected chi connectivity index (χ4v) is 2.58. The number of rotatable bonds is 1. The van der Waals surface area contributed by atoms with Gasteiger partial charge < -0.3 is 4.90 Å². The minimum Gasteiger partial charge on any atom is -0.324 e. The number of likely N-dealkylation sites (tertiary alicyclic amines) is 1. The summed E-state index contributed by atoms with van der Waals surface area (Å²) >= 11 is 0. The van der Waals surface area contributed by atoms with Gasteiger partial charge in [-0.2, -0.15) is 13.2 Å². The molecule has 1 aromatic rings. The molecule has 2 nitrogen and oxygen atoms in total. The monoisotopic (exact) mass is 271 g/mol. The van der Waals surface area contributed by atoms with Gasteiger partial charge in [0.05, 0.1) is 0 Å². The Morgan fingerprint density at radius 3 is 2.42 bits per heavy atom. The van der Waals surface area contributed by atoms with Gasteiger partial charge in [-0.05, 0) is 31.4 Å². The molecule has 0 spiro atoms. The second kappa shape index (κ2) is 4.54. The molecule has 1 fully saturated rings. The van der Waals surface area contributed by atoms with Crippen LogP contribution in [-0.4, -0.2) is 29.1 Å². The van der Waals surface area contributed by atoms with Gasteiger partial charge in [-0.15, -0.1) is 0 Å². The first kappa shape index (κ1) is 13.9. The third kappa shape index (κ3) is 2.11. The van der Waals surface area contributed by atoms with Crippen molar-refractivity contribution in [2.75, 3.05) is 6.54 Å². The predicted octanol–water partition coefficient (Wildman–Crippen LogP) is 3.49. The highest BCUT2D eigenvalue weighted by Gasteiger charge is 2.62. The van der Waals surface area contributed by atoms with E-state index < -0.39 is 23.5 Å². The Kier molecular flexibility index (Phi) is 3.32. The molecule has 0 aliphatic carbocycles. The van der Waals surface area contributed by atoms with E-state index in [-0.39, 0.29) is 6.54 Å². The van der Waals surface area contributed by atoms with Crippen LogP contribution in [0.25, 0.3) is 0 Å². The second-order valence-corrected chi connectivity index (χ2v) is 5.16. The SMILES string of the molecule is C[C@@H]1CCN(C(=O)c2ccccc2)[C@@]1(C)C(F)(F)F. The van der Waals surface area contributed by atoms with Crippen LogP contribution in [0.15, 0.2) is 30.3 Å². The first-order valence-corrected chi connectivity index (χ1v) is 6.22. The Hall–Kier alpha value is -1.52. The molecule has 1 saturated heterocycles. The van der Waals surface area contributed by atoms with Crippen molar-refractivity contribution in [1.29, 1.82) is 0 Å². The number of carbonyl (C=O) groups excluding carboxylic acids is 1. The molecule has 19 heavy (non-hydrogen) atoms. The minimum absolute atomic E-state index is 0.144. The summed E-state index contributed by atoms with van der Waals surface area (Å²) in [4.78, 5) is 13.2. The van der Waals surface area contributed by atoms with E-state index in [0.717, 1.165) is 11.8 Å². The third-order valence-electron chi connectivity index (χ3n) is 4.15. The molecule has 1 aliphatic rings. The van der Waals surface area contributed by atoms with Crippen molar-refractivity contribution in [1.82, 2.24) is 4.90 Å². The van der Waals surface area contributed by atoms with E-state index in [1.807, 2.05) is 0 Å². The number of benzene rings is 1. The van der Waals surface area contributed by atoms with Gasteiger partial charge in [0.1, 0.15) is 5.54 Å². The van der Waals surface area contributed by atoms with Crippen molar-refractivity contribution in [3.05, 3.63) is 35.9 Å². The molecule has 1 aromatic carbocycles. The zero-order valence-electron chi connectivity index (χ0n) is 10.9. The Morgan fingerprint density at radius 2 is 1.89 bits per heavy atom. The Balaban J connectivity index is 2.37. The van der Waals surface area contributed by atoms with Gasteiger partial charge in [-0.3, -0.25) is 4.79 Å². The normalized spacial score (nSPS) is 27.6. The molecule has 0 saturated carbocycles. The van der Waals surface area contributed by atoms with E-state index in [1.54, 1.807) is 37.3 Å². The zero-order valence-corrected chi connectivity index (χ0v) is 10.9. The summed E-state index contributed by atoms with van der Waals surface area (Å²) in [5.41, 5.74) is -1.79. The van der Waals surface area contributed by atoms with E-state index in [9.17, 15) is 18.0 Å². The third-order valence-corrected chi connectivity index (χ3v) is 4.15. The maximum absolute atomic E-state index is 13.3. The Bertz CT molecular complexity index is 471. The van der Waals surface area contributed by atoms with Gasteiger partial charge in [0, 0.05) is 12.1 Å². The highest BCUT2D eigenvalue weighted by molar-refractivity contribution is 5.95. The highest BCUT2D eigenvalue weighted by Crippen LogP contribution is 2.46. The smallest absolute Gasteiger partial charge is 0.324 e. The summed E-state index contributed by atoms with van der Waals surface area (Å²) in [7, 11) is 0. The lowest BCUT2D eigenvalue weighted by atomic mass is 9.87. The molecule has 2 rings (SSSR count). The molecule has 0 radical (unpaired) electrons. The summed E-state index contributed by atoms with van der Waals surface area (Å²) in [5.74, 6) is -1.15. The standard InChI is InChI=1S/C14H16F3NO/c1-10-8-9-18(13(10,2)14(15,16)17)12(19)11-6-4-3-5-7-11/h3-7,10H,8-9H2,1-2H3/t10-,13-/m1/s1. The van der Waals surface area contributed by atoms with Crippen LogP contribution in [-0.2, 0) is 0 Å². The molecule has 1 amide bonds. The maximum atomic E-state index is 13.3. The molecule has 1 heterocycles. The van der Waals surface area contributed by atoms with Crippen molar-refractivity contribution < 1.29 is 18.0 Å². The first-order valence-electron chi connectivity index (χ1n) is 6.22. The fourth-order valence-electron chi connectivity index (χ4n) is 2.58. The van der Waals surface area contributed by atoms with Crippen LogP contribution >= 0.6 is 0 Å². The molecule has 104 valence electrons. The van der Waals surface area contributed by atoms with Crippen LogP contribution in [0.1, 0.15) is 30.6 Å². The number of nitrogens with zero attached hydrogens (tertiary/aromatic N) is 1. The van der Waals surface area contributed by atoms with Crippen LogP contribution < -0.4 is 0 Å². The summed E-state index contributed by atoms with van der Waals surface area (Å²) in [6.07, 6.45) is -4.05. The van der Waals surface area contributed by atoms with Gasteiger partial charge in [-0.1, -0.05) is 25.1 Å². The Labute approximate surface area is 110 Å². The molecular formula is C14H16F3NO. The van der Waals surface area contributed by atoms with Gasteiger partial charge in [0.25, 0.3) is 5.91 Å². The van der Waals surface area contributed by atoms with Crippen LogP contribution in [0.4, 0.5) is 13.2 Å². The van der Waals surface area contributed by atoms with Gasteiger partial charge in [0.2, 0.25) is 0 Å². The van der Waals surface area contributed by atoms with E-state index in [4.69, 9.17) is 0 Å². The second-order valence-electron chi connectivity index (χ2n) is 5.16. The fraction of sp³-hybridized carbons (Fsp3) is 0.500. The minimum atomic E-state index is -4.42. The molecule has 2 atom stereocenters. The highest BCUT2D eigenvalue weighted by atomic mass is 19.4. The molecule has 0 aromatic heterocycles. The first-order chi connectivity index (χ1) is 8.78. The number of hydrogen-bond donors (Lipinski definition) is 0. The van der Waals surface area contributed by atoms with Crippen molar-refractivity contribution in [3.63, 3.8) is 0 Å². The number of hydrogen-bond acceptors (Lipinski definition) is 1. The number of alkyl halides is 3. The molecule has 1 aliphatic heterocycles. The van der Waals surface area contributed by atoms with Gasteiger partial charge >= 0.3 is 6.18 Å². The maximum Gasteiger partial charge on any atom is 0.411 e. The molecule has 0 unspecified atom stereocenters. The summed E-state index contributed by atoms with van der Waals surface area (Å²) < 4.78 is 40.0. The predicted molar refractivity (Wildman–Crippen MR) is 65.7 cm³/mol. The van der Waals surface area contributed by atoms with Crippen molar-refractivity contribution in [2.45, 2.75) is 32.0 Å². The average molecular weight is 271 g/mol. The van der Waals surface area contributed by atoms with E-state index in [2.05, 4.69) is 0 Å². The van der Waals surface area contributed by atoms with E-state index >= 15 is 0 Å². The number of halogens is 3. The number of carbonyl (C=O) groups is 1. The number of amides is 1. The van der Waals surface area contributed by atoms with Crippen LogP contribution in [0.2, 0.25) is 0 Å². The van der Waals surface area contributed by atoms with Crippen molar-refractivity contribution in [3.8, 4) is 0 Å². The van der Waals surface area contributed by atoms with Gasteiger partial charge in [0.15, 0.2) is 0 Å². The summed E-state index contributed by atoms with van der Waals surface area (Å²) in [6.45, 7) is 2.81. The lowest BCUT2D eigenvalue weighted by Crippen LogP contribution is -2.57. The van der Waals surface area contributed by atoms with Crippen LogP contribution in [0.3, 0.4) is 0 Å². The summed E-state index contributed by atoms with van der Waals surface area (Å²) in [5, 5.41) is 0. The zero-order chi connectivity index (χ0) is 14.3. The molecule has 0 bridgehead atoms. The van der Waals surface area contributed by atoms with Crippen LogP contribution in [0, 0.1) is 5.92 Å². The topological polar surface area (TPSA) is 20.3 Å². The molecule has 5 heteroatoms. The van der Waals surface area contributed by atoms with Crippen molar-refractivity contribution >= 4 is 5.91 Å². The quantitative estimate of drug-likeness (QED) is 0.765. The Morgan fingerprint density at radius 1 is 1.32 bits per heavy atom.